The molecule has 0 aromatic carbocycles. The third-order valence-corrected chi connectivity index (χ3v) is 4.36. The molecule has 2 atom stereocenters. The highest BCUT2D eigenvalue weighted by Gasteiger charge is 2.18. The van der Waals surface area contributed by atoms with E-state index in [0.717, 1.165) is 17.8 Å². The zero-order valence-electron chi connectivity index (χ0n) is 12.7. The smallest absolute Gasteiger partial charge is 0.315 e. The van der Waals surface area contributed by atoms with Gasteiger partial charge in [-0.25, -0.2) is 9.78 Å². The first-order chi connectivity index (χ1) is 9.96. The Labute approximate surface area is 129 Å². The van der Waals surface area contributed by atoms with Gasteiger partial charge in [-0.15, -0.1) is 11.3 Å². The topological polar surface area (TPSA) is 91.3 Å². The lowest BCUT2D eigenvalue weighted by molar-refractivity contribution is -0.137. The molecule has 118 valence electrons. The minimum atomic E-state index is -0.908. The largest absolute Gasteiger partial charge is 0.481 e. The maximum absolute atomic E-state index is 11.9. The Bertz CT molecular complexity index is 476. The average molecular weight is 313 g/mol. The number of amides is 2. The van der Waals surface area contributed by atoms with Gasteiger partial charge in [-0.2, -0.15) is 0 Å². The zero-order chi connectivity index (χ0) is 15.8. The molecule has 0 aliphatic heterocycles. The highest BCUT2D eigenvalue weighted by molar-refractivity contribution is 7.11. The number of thiazole rings is 1. The summed E-state index contributed by atoms with van der Waals surface area (Å²) >= 11 is 1.58. The van der Waals surface area contributed by atoms with Gasteiger partial charge in [0.05, 0.1) is 12.5 Å². The van der Waals surface area contributed by atoms with Crippen molar-refractivity contribution < 1.29 is 14.7 Å². The molecule has 6 nitrogen and oxygen atoms in total. The number of aryl methyl sites for hydroxylation is 1. The van der Waals surface area contributed by atoms with Gasteiger partial charge < -0.3 is 15.7 Å². The van der Waals surface area contributed by atoms with E-state index in [1.54, 1.807) is 11.3 Å². The van der Waals surface area contributed by atoms with Crippen LogP contribution >= 0.6 is 11.3 Å². The molecule has 0 bridgehead atoms. The second-order valence-electron chi connectivity index (χ2n) is 4.94. The Kier molecular flexibility index (Phi) is 7.14. The van der Waals surface area contributed by atoms with E-state index in [2.05, 4.69) is 22.5 Å². The van der Waals surface area contributed by atoms with Gasteiger partial charge in [0.2, 0.25) is 0 Å². The average Bonchev–Trinajstić information content (AvgIpc) is 2.86. The molecule has 1 rings (SSSR count). The molecule has 1 aromatic rings. The number of aliphatic carboxylic acids is 1. The molecule has 2 amide bonds. The normalized spacial score (nSPS) is 13.5. The van der Waals surface area contributed by atoms with Crippen molar-refractivity contribution in [1.82, 2.24) is 15.6 Å². The van der Waals surface area contributed by atoms with Gasteiger partial charge in [-0.1, -0.05) is 20.3 Å². The van der Waals surface area contributed by atoms with Crippen LogP contribution in [0.2, 0.25) is 0 Å². The lowest BCUT2D eigenvalue weighted by Crippen LogP contribution is -2.43. The third kappa shape index (κ3) is 6.12. The maximum Gasteiger partial charge on any atom is 0.315 e. The zero-order valence-corrected chi connectivity index (χ0v) is 13.5. The summed E-state index contributed by atoms with van der Waals surface area (Å²) < 4.78 is 0. The molecule has 1 heterocycles. The Morgan fingerprint density at radius 2 is 2.10 bits per heavy atom. The molecule has 21 heavy (non-hydrogen) atoms. The van der Waals surface area contributed by atoms with Gasteiger partial charge >= 0.3 is 12.0 Å². The summed E-state index contributed by atoms with van der Waals surface area (Å²) in [5, 5.41) is 15.2. The molecule has 2 unspecified atom stereocenters. The number of carboxylic acids is 1. The van der Waals surface area contributed by atoms with Crippen LogP contribution in [-0.4, -0.2) is 28.1 Å². The first kappa shape index (κ1) is 17.4. The number of hydrogen-bond acceptors (Lipinski definition) is 4. The van der Waals surface area contributed by atoms with Gasteiger partial charge in [0.25, 0.3) is 0 Å². The van der Waals surface area contributed by atoms with Gasteiger partial charge in [-0.3, -0.25) is 4.79 Å². The number of nitrogens with one attached hydrogen (secondary N) is 2. The van der Waals surface area contributed by atoms with E-state index in [1.165, 1.54) is 4.88 Å². The van der Waals surface area contributed by atoms with Crippen LogP contribution < -0.4 is 10.6 Å². The molecule has 0 spiro atoms. The second kappa shape index (κ2) is 8.61. The third-order valence-electron chi connectivity index (χ3n) is 3.03. The van der Waals surface area contributed by atoms with Crippen molar-refractivity contribution in [3.8, 4) is 0 Å². The Morgan fingerprint density at radius 1 is 1.38 bits per heavy atom. The molecule has 1 aromatic heterocycles. The number of hydrogen-bond donors (Lipinski definition) is 3. The van der Waals surface area contributed by atoms with Crippen LogP contribution in [0.5, 0.6) is 0 Å². The maximum atomic E-state index is 11.9. The van der Waals surface area contributed by atoms with Crippen LogP contribution in [0, 0.1) is 0 Å². The van der Waals surface area contributed by atoms with E-state index in [9.17, 15) is 9.59 Å². The number of aromatic nitrogens is 1. The minimum absolute atomic E-state index is 0.0626. The summed E-state index contributed by atoms with van der Waals surface area (Å²) in [7, 11) is 0. The number of carboxylic acid groups (broad SMARTS) is 1. The molecule has 3 N–H and O–H groups in total. The summed E-state index contributed by atoms with van der Waals surface area (Å²) in [5.74, 6) is -0.908. The summed E-state index contributed by atoms with van der Waals surface area (Å²) in [6.07, 6.45) is 4.15. The van der Waals surface area contributed by atoms with Gasteiger partial charge in [-0.05, 0) is 19.8 Å². The predicted octanol–water partition coefficient (Wildman–Crippen LogP) is 2.71. The second-order valence-corrected chi connectivity index (χ2v) is 6.09. The highest BCUT2D eigenvalue weighted by atomic mass is 32.1. The quantitative estimate of drug-likeness (QED) is 0.688. The van der Waals surface area contributed by atoms with Gasteiger partial charge in [0.1, 0.15) is 5.01 Å². The van der Waals surface area contributed by atoms with Crippen molar-refractivity contribution in [2.24, 2.45) is 0 Å². The molecule has 0 aliphatic rings. The fraction of sp³-hybridized carbons (Fsp3) is 0.643. The summed E-state index contributed by atoms with van der Waals surface area (Å²) in [5.41, 5.74) is 0. The number of urea groups is 1. The van der Waals surface area contributed by atoms with Gasteiger partial charge in [0, 0.05) is 17.1 Å². The molecular formula is C14H23N3O3S. The van der Waals surface area contributed by atoms with E-state index in [-0.39, 0.29) is 24.5 Å². The molecule has 0 fully saturated rings. The monoisotopic (exact) mass is 313 g/mol. The summed E-state index contributed by atoms with van der Waals surface area (Å²) in [6.45, 7) is 5.88. The van der Waals surface area contributed by atoms with Crippen molar-refractivity contribution in [3.05, 3.63) is 16.1 Å². The first-order valence-corrected chi connectivity index (χ1v) is 8.01. The first-order valence-electron chi connectivity index (χ1n) is 7.19. The molecule has 0 radical (unpaired) electrons. The minimum Gasteiger partial charge on any atom is -0.481 e. The van der Waals surface area contributed by atoms with Crippen LogP contribution in [0.25, 0.3) is 0 Å². The molecule has 0 aliphatic carbocycles. The Balaban J connectivity index is 2.52. The fourth-order valence-electron chi connectivity index (χ4n) is 1.96. The van der Waals surface area contributed by atoms with Crippen LogP contribution in [0.3, 0.4) is 0 Å². The van der Waals surface area contributed by atoms with E-state index in [0.29, 0.717) is 6.42 Å². The molecule has 7 heteroatoms. The number of rotatable bonds is 8. The van der Waals surface area contributed by atoms with E-state index in [1.807, 2.05) is 20.0 Å². The fourth-order valence-corrected chi connectivity index (χ4v) is 2.82. The number of nitrogens with zero attached hydrogens (tertiary/aromatic N) is 1. The van der Waals surface area contributed by atoms with E-state index in [4.69, 9.17) is 5.11 Å². The van der Waals surface area contributed by atoms with Crippen molar-refractivity contribution in [2.75, 3.05) is 0 Å². The summed E-state index contributed by atoms with van der Waals surface area (Å²) in [4.78, 5) is 28.2. The standard InChI is InChI=1S/C14H23N3O3S/c1-4-6-10(7-12(18)19)17-14(20)16-9(3)13-15-8-11(5-2)21-13/h8-10H,4-7H2,1-3H3,(H,18,19)(H2,16,17,20). The number of carbonyl (C=O) groups is 2. The van der Waals surface area contributed by atoms with Gasteiger partial charge in [0.15, 0.2) is 0 Å². The summed E-state index contributed by atoms with van der Waals surface area (Å²) in [6, 6.07) is -0.889. The Hall–Kier alpha value is -1.63. The van der Waals surface area contributed by atoms with Crippen LogP contribution in [0.15, 0.2) is 6.20 Å². The lowest BCUT2D eigenvalue weighted by atomic mass is 10.1. The molecule has 0 saturated carbocycles. The highest BCUT2D eigenvalue weighted by Crippen LogP contribution is 2.20. The van der Waals surface area contributed by atoms with E-state index < -0.39 is 5.97 Å². The van der Waals surface area contributed by atoms with Crippen molar-refractivity contribution in [2.45, 2.75) is 58.5 Å². The van der Waals surface area contributed by atoms with Crippen LogP contribution in [0.1, 0.15) is 56.0 Å². The van der Waals surface area contributed by atoms with Crippen molar-refractivity contribution in [1.29, 1.82) is 0 Å². The van der Waals surface area contributed by atoms with Crippen molar-refractivity contribution >= 4 is 23.3 Å². The SMILES string of the molecule is CCCC(CC(=O)O)NC(=O)NC(C)c1ncc(CC)s1. The van der Waals surface area contributed by atoms with E-state index >= 15 is 0 Å². The molecular weight excluding hydrogens is 290 g/mol. The molecule has 0 saturated heterocycles. The Morgan fingerprint density at radius 3 is 2.62 bits per heavy atom. The van der Waals surface area contributed by atoms with Crippen LogP contribution in [0.4, 0.5) is 4.79 Å². The number of carbonyl (C=O) groups excluding carboxylic acids is 1. The van der Waals surface area contributed by atoms with Crippen LogP contribution in [-0.2, 0) is 11.2 Å². The van der Waals surface area contributed by atoms with Crippen molar-refractivity contribution in [3.63, 3.8) is 0 Å². The predicted molar refractivity (Wildman–Crippen MR) is 82.5 cm³/mol. The lowest BCUT2D eigenvalue weighted by Gasteiger charge is -2.18.